The first-order valence-corrected chi connectivity index (χ1v) is 7.04. The van der Waals surface area contributed by atoms with E-state index in [1.54, 1.807) is 0 Å². The summed E-state index contributed by atoms with van der Waals surface area (Å²) in [5, 5.41) is 3.31. The third-order valence-electron chi connectivity index (χ3n) is 3.85. The summed E-state index contributed by atoms with van der Waals surface area (Å²) in [7, 11) is 0. The first-order chi connectivity index (χ1) is 8.87. The van der Waals surface area contributed by atoms with Crippen LogP contribution in [0.4, 0.5) is 18.3 Å². The van der Waals surface area contributed by atoms with Crippen molar-refractivity contribution in [1.29, 1.82) is 0 Å². The Morgan fingerprint density at radius 1 is 1.47 bits per heavy atom. The molecule has 3 N–H and O–H groups in total. The fraction of sp³-hybridized carbons (Fsp3) is 0.818. The summed E-state index contributed by atoms with van der Waals surface area (Å²) in [6.45, 7) is 2.46. The third kappa shape index (κ3) is 3.00. The van der Waals surface area contributed by atoms with Crippen LogP contribution in [0, 0.1) is 5.92 Å². The second-order valence-corrected chi connectivity index (χ2v) is 5.80. The van der Waals surface area contributed by atoms with Gasteiger partial charge < -0.3 is 11.1 Å². The molecule has 0 saturated heterocycles. The maximum absolute atomic E-state index is 12.5. The molecule has 0 spiro atoms. The Labute approximate surface area is 113 Å². The predicted octanol–water partition coefficient (Wildman–Crippen LogP) is 2.88. The van der Waals surface area contributed by atoms with Gasteiger partial charge in [-0.2, -0.15) is 22.5 Å². The zero-order valence-corrected chi connectivity index (χ0v) is 11.4. The van der Waals surface area contributed by atoms with E-state index in [0.29, 0.717) is 12.5 Å². The molecule has 0 radical (unpaired) electrons. The molecule has 1 aromatic rings. The highest BCUT2D eigenvalue weighted by molar-refractivity contribution is 7.09. The standard InChI is InChI=1S/C11H17F3N4S/c1-7-4-2-3-5-10(7,6-15)17-9-16-8(18-19-9)11(12,13)14/h7H,2-6,15H2,1H3,(H,16,17,18). The Balaban J connectivity index is 2.16. The lowest BCUT2D eigenvalue weighted by atomic mass is 9.74. The largest absolute Gasteiger partial charge is 0.452 e. The van der Waals surface area contributed by atoms with Crippen molar-refractivity contribution in [2.45, 2.75) is 44.3 Å². The lowest BCUT2D eigenvalue weighted by Crippen LogP contribution is -2.52. The van der Waals surface area contributed by atoms with E-state index >= 15 is 0 Å². The minimum Gasteiger partial charge on any atom is -0.353 e. The fourth-order valence-corrected chi connectivity index (χ4v) is 3.25. The van der Waals surface area contributed by atoms with Crippen molar-refractivity contribution in [2.24, 2.45) is 11.7 Å². The van der Waals surface area contributed by atoms with E-state index in [2.05, 4.69) is 21.6 Å². The number of hydrogen-bond donors (Lipinski definition) is 2. The van der Waals surface area contributed by atoms with E-state index in [1.165, 1.54) is 0 Å². The second-order valence-electron chi connectivity index (χ2n) is 5.05. The van der Waals surface area contributed by atoms with Crippen LogP contribution in [0.25, 0.3) is 0 Å². The molecule has 1 aliphatic rings. The molecule has 1 fully saturated rings. The fourth-order valence-electron chi connectivity index (χ4n) is 2.56. The quantitative estimate of drug-likeness (QED) is 0.899. The summed E-state index contributed by atoms with van der Waals surface area (Å²) < 4.78 is 40.7. The van der Waals surface area contributed by atoms with E-state index in [-0.39, 0.29) is 10.7 Å². The summed E-state index contributed by atoms with van der Waals surface area (Å²) in [6, 6.07) is 0. The van der Waals surface area contributed by atoms with E-state index < -0.39 is 12.0 Å². The Hall–Kier alpha value is -0.890. The number of aromatic nitrogens is 2. The maximum atomic E-state index is 12.5. The Morgan fingerprint density at radius 3 is 2.74 bits per heavy atom. The average molecular weight is 294 g/mol. The first kappa shape index (κ1) is 14.5. The van der Waals surface area contributed by atoms with Crippen LogP contribution in [0.15, 0.2) is 0 Å². The topological polar surface area (TPSA) is 63.8 Å². The lowest BCUT2D eigenvalue weighted by molar-refractivity contribution is -0.144. The van der Waals surface area contributed by atoms with E-state index in [0.717, 1.165) is 37.2 Å². The van der Waals surface area contributed by atoms with Crippen LogP contribution in [-0.4, -0.2) is 21.4 Å². The summed E-state index contributed by atoms with van der Waals surface area (Å²) in [6.07, 6.45) is -0.459. The van der Waals surface area contributed by atoms with Crippen LogP contribution in [0.5, 0.6) is 0 Å². The van der Waals surface area contributed by atoms with Gasteiger partial charge >= 0.3 is 6.18 Å². The van der Waals surface area contributed by atoms with Gasteiger partial charge in [0.1, 0.15) is 0 Å². The van der Waals surface area contributed by atoms with Gasteiger partial charge in [-0.15, -0.1) is 0 Å². The Bertz CT molecular complexity index is 434. The van der Waals surface area contributed by atoms with Gasteiger partial charge in [0.05, 0.1) is 5.54 Å². The minimum atomic E-state index is -4.50. The number of nitrogens with zero attached hydrogens (tertiary/aromatic N) is 2. The second kappa shape index (κ2) is 5.24. The van der Waals surface area contributed by atoms with Gasteiger partial charge in [0.25, 0.3) is 0 Å². The molecule has 2 unspecified atom stereocenters. The highest BCUT2D eigenvalue weighted by atomic mass is 32.1. The summed E-state index contributed by atoms with van der Waals surface area (Å²) in [5.74, 6) is -0.778. The Kier molecular flexibility index (Phi) is 4.00. The van der Waals surface area contributed by atoms with E-state index in [9.17, 15) is 13.2 Å². The van der Waals surface area contributed by atoms with Crippen LogP contribution in [0.3, 0.4) is 0 Å². The molecule has 1 aromatic heterocycles. The zero-order chi connectivity index (χ0) is 14.1. The van der Waals surface area contributed by atoms with Crippen molar-refractivity contribution in [2.75, 3.05) is 11.9 Å². The van der Waals surface area contributed by atoms with Crippen molar-refractivity contribution in [3.8, 4) is 0 Å². The van der Waals surface area contributed by atoms with Crippen molar-refractivity contribution in [1.82, 2.24) is 9.36 Å². The van der Waals surface area contributed by atoms with Gasteiger partial charge in [0.15, 0.2) is 0 Å². The van der Waals surface area contributed by atoms with Crippen molar-refractivity contribution in [3.05, 3.63) is 5.82 Å². The maximum Gasteiger partial charge on any atom is 0.452 e. The van der Waals surface area contributed by atoms with Gasteiger partial charge in [0, 0.05) is 18.1 Å². The van der Waals surface area contributed by atoms with Gasteiger partial charge in [-0.05, 0) is 18.8 Å². The van der Waals surface area contributed by atoms with Crippen LogP contribution in [-0.2, 0) is 6.18 Å². The molecule has 4 nitrogen and oxygen atoms in total. The molecule has 0 aliphatic heterocycles. The monoisotopic (exact) mass is 294 g/mol. The molecule has 0 aromatic carbocycles. The van der Waals surface area contributed by atoms with Gasteiger partial charge in [0.2, 0.25) is 11.0 Å². The zero-order valence-electron chi connectivity index (χ0n) is 10.6. The molecule has 0 amide bonds. The van der Waals surface area contributed by atoms with E-state index in [4.69, 9.17) is 5.73 Å². The molecule has 19 heavy (non-hydrogen) atoms. The molecule has 2 atom stereocenters. The van der Waals surface area contributed by atoms with Crippen LogP contribution < -0.4 is 11.1 Å². The normalized spacial score (nSPS) is 28.4. The van der Waals surface area contributed by atoms with Crippen molar-refractivity contribution < 1.29 is 13.2 Å². The first-order valence-electron chi connectivity index (χ1n) is 6.26. The molecule has 0 bridgehead atoms. The number of nitrogens with two attached hydrogens (primary N) is 1. The van der Waals surface area contributed by atoms with Crippen LogP contribution in [0.1, 0.15) is 38.4 Å². The summed E-state index contributed by atoms with van der Waals surface area (Å²) in [4.78, 5) is 3.52. The number of rotatable bonds is 3. The molecule has 2 rings (SSSR count). The number of nitrogens with one attached hydrogen (secondary N) is 1. The summed E-state index contributed by atoms with van der Waals surface area (Å²) >= 11 is 0.738. The highest BCUT2D eigenvalue weighted by Crippen LogP contribution is 2.37. The highest BCUT2D eigenvalue weighted by Gasteiger charge is 2.40. The molecule has 1 saturated carbocycles. The number of alkyl halides is 3. The van der Waals surface area contributed by atoms with Crippen LogP contribution in [0.2, 0.25) is 0 Å². The molecule has 8 heteroatoms. The lowest BCUT2D eigenvalue weighted by Gasteiger charge is -2.42. The third-order valence-corrected chi connectivity index (χ3v) is 4.48. The summed E-state index contributed by atoms with van der Waals surface area (Å²) in [5.41, 5.74) is 5.48. The average Bonchev–Trinajstić information content (AvgIpc) is 2.80. The Morgan fingerprint density at radius 2 is 2.21 bits per heavy atom. The van der Waals surface area contributed by atoms with E-state index in [1.807, 2.05) is 0 Å². The predicted molar refractivity (Wildman–Crippen MR) is 68.0 cm³/mol. The molecular weight excluding hydrogens is 277 g/mol. The van der Waals surface area contributed by atoms with Gasteiger partial charge in [-0.1, -0.05) is 19.8 Å². The smallest absolute Gasteiger partial charge is 0.353 e. The van der Waals surface area contributed by atoms with Gasteiger partial charge in [-0.3, -0.25) is 0 Å². The number of hydrogen-bond acceptors (Lipinski definition) is 5. The van der Waals surface area contributed by atoms with Gasteiger partial charge in [-0.25, -0.2) is 0 Å². The number of anilines is 1. The van der Waals surface area contributed by atoms with Crippen LogP contribution >= 0.6 is 11.5 Å². The molecular formula is C11H17F3N4S. The SMILES string of the molecule is CC1CCCCC1(CN)Nc1nc(C(F)(F)F)ns1. The minimum absolute atomic E-state index is 0.200. The molecule has 108 valence electrons. The van der Waals surface area contributed by atoms with Crippen molar-refractivity contribution >= 4 is 16.7 Å². The number of halogens is 3. The molecule has 1 aliphatic carbocycles. The van der Waals surface area contributed by atoms with Crippen molar-refractivity contribution in [3.63, 3.8) is 0 Å². The molecule has 1 heterocycles.